The summed E-state index contributed by atoms with van der Waals surface area (Å²) in [6.45, 7) is 1.16. The molecule has 5 heteroatoms. The van der Waals surface area contributed by atoms with Crippen LogP contribution in [0.15, 0.2) is 30.3 Å². The van der Waals surface area contributed by atoms with Crippen LogP contribution in [0.25, 0.3) is 10.9 Å². The molecule has 1 aromatic carbocycles. The Balaban J connectivity index is 1.50. The molecule has 0 radical (unpaired) electrons. The summed E-state index contributed by atoms with van der Waals surface area (Å²) < 4.78 is 0. The molecule has 4 N–H and O–H groups in total. The molecule has 20 heavy (non-hydrogen) atoms. The first-order chi connectivity index (χ1) is 9.71. The van der Waals surface area contributed by atoms with Crippen molar-refractivity contribution >= 4 is 16.9 Å². The molecule has 1 fully saturated rings. The summed E-state index contributed by atoms with van der Waals surface area (Å²) in [7, 11) is 0. The zero-order chi connectivity index (χ0) is 14.0. The maximum absolute atomic E-state index is 11.7. The lowest BCUT2D eigenvalue weighted by atomic mass is 10.1. The van der Waals surface area contributed by atoms with Gasteiger partial charge in [0.15, 0.2) is 0 Å². The molecule has 2 amide bonds. The average molecular weight is 273 g/mol. The van der Waals surface area contributed by atoms with Crippen molar-refractivity contribution in [2.45, 2.75) is 19.4 Å². The number of urea groups is 1. The van der Waals surface area contributed by atoms with Gasteiger partial charge in [-0.25, -0.2) is 4.79 Å². The van der Waals surface area contributed by atoms with Gasteiger partial charge in [0.2, 0.25) is 0 Å². The van der Waals surface area contributed by atoms with E-state index < -0.39 is 0 Å². The molecule has 0 spiro atoms. The number of carbonyl (C=O) groups excluding carboxylic acids is 1. The number of hydrogen-bond donors (Lipinski definition) is 4. The molecule has 2 aromatic rings. The Morgan fingerprint density at radius 1 is 1.30 bits per heavy atom. The first-order valence-corrected chi connectivity index (χ1v) is 6.90. The molecule has 5 nitrogen and oxygen atoms in total. The second-order valence-corrected chi connectivity index (χ2v) is 5.58. The van der Waals surface area contributed by atoms with Crippen molar-refractivity contribution in [1.82, 2.24) is 15.6 Å². The number of aliphatic hydroxyl groups is 1. The molecule has 0 atom stereocenters. The van der Waals surface area contributed by atoms with Gasteiger partial charge in [-0.3, -0.25) is 0 Å². The summed E-state index contributed by atoms with van der Waals surface area (Å²) >= 11 is 0. The number of hydrogen-bond acceptors (Lipinski definition) is 2. The van der Waals surface area contributed by atoms with Crippen LogP contribution in [-0.4, -0.2) is 29.3 Å². The van der Waals surface area contributed by atoms with E-state index in [1.54, 1.807) is 0 Å². The molecule has 1 saturated carbocycles. The zero-order valence-electron chi connectivity index (χ0n) is 11.3. The van der Waals surface area contributed by atoms with E-state index in [0.29, 0.717) is 13.1 Å². The Morgan fingerprint density at radius 3 is 2.80 bits per heavy atom. The highest BCUT2D eigenvalue weighted by Crippen LogP contribution is 2.44. The van der Waals surface area contributed by atoms with E-state index in [1.807, 2.05) is 30.3 Å². The quantitative estimate of drug-likeness (QED) is 0.669. The number of benzene rings is 1. The number of para-hydroxylation sites is 1. The first-order valence-electron chi connectivity index (χ1n) is 6.90. The number of aromatic nitrogens is 1. The standard InChI is InChI=1S/C15H19N3O2/c19-10-15(5-6-15)9-17-14(20)16-8-12-7-11-3-1-2-4-13(11)18-12/h1-4,7,18-19H,5-6,8-10H2,(H2,16,17,20). The Morgan fingerprint density at radius 2 is 2.10 bits per heavy atom. The van der Waals surface area contributed by atoms with Gasteiger partial charge in [0.1, 0.15) is 0 Å². The summed E-state index contributed by atoms with van der Waals surface area (Å²) in [5, 5.41) is 16.0. The summed E-state index contributed by atoms with van der Waals surface area (Å²) in [4.78, 5) is 15.0. The van der Waals surface area contributed by atoms with E-state index in [0.717, 1.165) is 29.4 Å². The van der Waals surface area contributed by atoms with E-state index in [1.165, 1.54) is 0 Å². The molecule has 0 unspecified atom stereocenters. The van der Waals surface area contributed by atoms with E-state index in [9.17, 15) is 9.90 Å². The molecule has 1 heterocycles. The Kier molecular flexibility index (Phi) is 3.36. The molecule has 106 valence electrons. The van der Waals surface area contributed by atoms with Crippen LogP contribution in [0.5, 0.6) is 0 Å². The Hall–Kier alpha value is -2.01. The summed E-state index contributed by atoms with van der Waals surface area (Å²) in [6, 6.07) is 9.86. The van der Waals surface area contributed by atoms with Crippen molar-refractivity contribution in [2.24, 2.45) is 5.41 Å². The van der Waals surface area contributed by atoms with Crippen molar-refractivity contribution in [3.63, 3.8) is 0 Å². The Labute approximate surface area is 117 Å². The number of nitrogens with one attached hydrogen (secondary N) is 3. The highest BCUT2D eigenvalue weighted by Gasteiger charge is 2.42. The third-order valence-electron chi connectivity index (χ3n) is 3.94. The lowest BCUT2D eigenvalue weighted by Crippen LogP contribution is -2.39. The number of aliphatic hydroxyl groups excluding tert-OH is 1. The first kappa shape index (κ1) is 13.0. The summed E-state index contributed by atoms with van der Waals surface area (Å²) in [5.74, 6) is 0. The van der Waals surface area contributed by atoms with Crippen molar-refractivity contribution in [2.75, 3.05) is 13.2 Å². The third-order valence-corrected chi connectivity index (χ3v) is 3.94. The minimum atomic E-state index is -0.191. The van der Waals surface area contributed by atoms with Gasteiger partial charge >= 0.3 is 6.03 Å². The van der Waals surface area contributed by atoms with Crippen LogP contribution in [0.2, 0.25) is 0 Å². The number of aromatic amines is 1. The summed E-state index contributed by atoms with van der Waals surface area (Å²) in [5.41, 5.74) is 1.99. The predicted octanol–water partition coefficient (Wildman–Crippen LogP) is 1.74. The smallest absolute Gasteiger partial charge is 0.315 e. The molecule has 1 aliphatic carbocycles. The van der Waals surface area contributed by atoms with E-state index in [4.69, 9.17) is 0 Å². The van der Waals surface area contributed by atoms with Crippen LogP contribution < -0.4 is 10.6 Å². The fraction of sp³-hybridized carbons (Fsp3) is 0.400. The molecular formula is C15H19N3O2. The van der Waals surface area contributed by atoms with Gasteiger partial charge < -0.3 is 20.7 Å². The molecule has 1 aromatic heterocycles. The maximum Gasteiger partial charge on any atom is 0.315 e. The summed E-state index contributed by atoms with van der Waals surface area (Å²) in [6.07, 6.45) is 1.98. The van der Waals surface area contributed by atoms with Gasteiger partial charge in [-0.2, -0.15) is 0 Å². The van der Waals surface area contributed by atoms with Gasteiger partial charge in [0.25, 0.3) is 0 Å². The van der Waals surface area contributed by atoms with E-state index in [-0.39, 0.29) is 18.1 Å². The normalized spacial score (nSPS) is 16.1. The van der Waals surface area contributed by atoms with Crippen LogP contribution in [0.1, 0.15) is 18.5 Å². The molecule has 0 bridgehead atoms. The zero-order valence-corrected chi connectivity index (χ0v) is 11.3. The van der Waals surface area contributed by atoms with Crippen molar-refractivity contribution < 1.29 is 9.90 Å². The third kappa shape index (κ3) is 2.77. The van der Waals surface area contributed by atoms with Crippen LogP contribution in [0.3, 0.4) is 0 Å². The average Bonchev–Trinajstić information content (AvgIpc) is 3.14. The fourth-order valence-corrected chi connectivity index (χ4v) is 2.30. The van der Waals surface area contributed by atoms with E-state index >= 15 is 0 Å². The number of carbonyl (C=O) groups is 1. The highest BCUT2D eigenvalue weighted by molar-refractivity contribution is 5.80. The van der Waals surface area contributed by atoms with Crippen LogP contribution in [-0.2, 0) is 6.54 Å². The van der Waals surface area contributed by atoms with Crippen molar-refractivity contribution in [3.05, 3.63) is 36.0 Å². The largest absolute Gasteiger partial charge is 0.396 e. The number of H-pyrrole nitrogens is 1. The Bertz CT molecular complexity index is 583. The van der Waals surface area contributed by atoms with Gasteiger partial charge in [0, 0.05) is 23.2 Å². The van der Waals surface area contributed by atoms with Gasteiger partial charge in [0.05, 0.1) is 13.2 Å². The minimum absolute atomic E-state index is 0.0571. The van der Waals surface area contributed by atoms with Crippen LogP contribution in [0.4, 0.5) is 4.79 Å². The molecule has 0 saturated heterocycles. The second kappa shape index (κ2) is 5.17. The second-order valence-electron chi connectivity index (χ2n) is 5.58. The van der Waals surface area contributed by atoms with Gasteiger partial charge in [-0.05, 0) is 30.4 Å². The maximum atomic E-state index is 11.7. The molecule has 1 aliphatic rings. The number of amides is 2. The number of fused-ring (bicyclic) bond motifs is 1. The fourth-order valence-electron chi connectivity index (χ4n) is 2.30. The van der Waals surface area contributed by atoms with Gasteiger partial charge in [-0.1, -0.05) is 18.2 Å². The highest BCUT2D eigenvalue weighted by atomic mass is 16.3. The molecule has 0 aliphatic heterocycles. The lowest BCUT2D eigenvalue weighted by Gasteiger charge is -2.13. The minimum Gasteiger partial charge on any atom is -0.396 e. The van der Waals surface area contributed by atoms with Crippen LogP contribution in [0, 0.1) is 5.41 Å². The van der Waals surface area contributed by atoms with Crippen molar-refractivity contribution in [3.8, 4) is 0 Å². The topological polar surface area (TPSA) is 77.2 Å². The van der Waals surface area contributed by atoms with Crippen LogP contribution >= 0.6 is 0 Å². The lowest BCUT2D eigenvalue weighted by molar-refractivity contribution is 0.203. The van der Waals surface area contributed by atoms with Crippen molar-refractivity contribution in [1.29, 1.82) is 0 Å². The molecule has 3 rings (SSSR count). The van der Waals surface area contributed by atoms with Gasteiger partial charge in [-0.15, -0.1) is 0 Å². The SMILES string of the molecule is O=C(NCc1cc2ccccc2[nH]1)NCC1(CO)CC1. The molecular weight excluding hydrogens is 254 g/mol. The van der Waals surface area contributed by atoms with E-state index in [2.05, 4.69) is 15.6 Å². The predicted molar refractivity (Wildman–Crippen MR) is 77.3 cm³/mol. The number of rotatable bonds is 5. The monoisotopic (exact) mass is 273 g/mol.